The molecule has 2 aromatic rings. The van der Waals surface area contributed by atoms with Crippen molar-refractivity contribution in [3.8, 4) is 0 Å². The number of benzene rings is 2. The van der Waals surface area contributed by atoms with Gasteiger partial charge in [0.15, 0.2) is 6.61 Å². The summed E-state index contributed by atoms with van der Waals surface area (Å²) in [7, 11) is 1.68. The Morgan fingerprint density at radius 3 is 2.64 bits per heavy atom. The van der Waals surface area contributed by atoms with E-state index in [-0.39, 0.29) is 12.5 Å². The first-order valence-electron chi connectivity index (χ1n) is 6.50. The Labute approximate surface area is 138 Å². The molecule has 0 atom stereocenters. The van der Waals surface area contributed by atoms with Crippen LogP contribution >= 0.6 is 23.2 Å². The Morgan fingerprint density at radius 2 is 1.91 bits per heavy atom. The van der Waals surface area contributed by atoms with Gasteiger partial charge in [0.1, 0.15) is 0 Å². The van der Waals surface area contributed by atoms with Crippen LogP contribution < -0.4 is 4.90 Å². The van der Waals surface area contributed by atoms with Crippen LogP contribution in [0, 0.1) is 0 Å². The van der Waals surface area contributed by atoms with Gasteiger partial charge in [-0.1, -0.05) is 58.7 Å². The standard InChI is InChI=1S/C16H14Cl2N2O2/c1-20(13-7-3-2-4-8-13)15(21)11-22-19-10-12-6-5-9-14(17)16(12)18/h2-10H,11H2,1H3/b19-10-. The number of hydrogen-bond donors (Lipinski definition) is 0. The van der Waals surface area contributed by atoms with Crippen LogP contribution in [0.1, 0.15) is 5.56 Å². The molecule has 0 spiro atoms. The van der Waals surface area contributed by atoms with Gasteiger partial charge in [-0.2, -0.15) is 0 Å². The molecule has 6 heteroatoms. The minimum absolute atomic E-state index is 0.167. The van der Waals surface area contributed by atoms with Crippen LogP contribution in [-0.2, 0) is 9.63 Å². The zero-order chi connectivity index (χ0) is 15.9. The van der Waals surface area contributed by atoms with Crippen molar-refractivity contribution in [1.82, 2.24) is 0 Å². The molecule has 0 aliphatic rings. The number of hydrogen-bond acceptors (Lipinski definition) is 3. The minimum Gasteiger partial charge on any atom is -0.386 e. The first kappa shape index (κ1) is 16.3. The van der Waals surface area contributed by atoms with Crippen LogP contribution in [0.5, 0.6) is 0 Å². The second-order valence-electron chi connectivity index (χ2n) is 4.44. The highest BCUT2D eigenvalue weighted by atomic mass is 35.5. The highest BCUT2D eigenvalue weighted by Crippen LogP contribution is 2.24. The fraction of sp³-hybridized carbons (Fsp3) is 0.125. The molecule has 0 bridgehead atoms. The molecule has 2 aromatic carbocycles. The monoisotopic (exact) mass is 336 g/mol. The van der Waals surface area contributed by atoms with E-state index in [1.54, 1.807) is 25.2 Å². The molecule has 0 aliphatic heterocycles. The number of oxime groups is 1. The maximum atomic E-state index is 12.0. The number of anilines is 1. The van der Waals surface area contributed by atoms with Crippen molar-refractivity contribution in [2.45, 2.75) is 0 Å². The maximum Gasteiger partial charge on any atom is 0.267 e. The van der Waals surface area contributed by atoms with E-state index in [2.05, 4.69) is 5.16 Å². The van der Waals surface area contributed by atoms with Gasteiger partial charge in [0.2, 0.25) is 0 Å². The summed E-state index contributed by atoms with van der Waals surface area (Å²) in [5.41, 5.74) is 1.41. The van der Waals surface area contributed by atoms with Gasteiger partial charge < -0.3 is 9.74 Å². The number of para-hydroxylation sites is 1. The average molecular weight is 337 g/mol. The van der Waals surface area contributed by atoms with E-state index in [0.29, 0.717) is 15.6 Å². The Morgan fingerprint density at radius 1 is 1.18 bits per heavy atom. The Kier molecular flexibility index (Phi) is 5.81. The van der Waals surface area contributed by atoms with Crippen LogP contribution in [0.2, 0.25) is 10.0 Å². The summed E-state index contributed by atoms with van der Waals surface area (Å²) in [4.78, 5) is 18.5. The summed E-state index contributed by atoms with van der Waals surface area (Å²) in [5, 5.41) is 4.57. The fourth-order valence-electron chi connectivity index (χ4n) is 1.70. The van der Waals surface area contributed by atoms with Gasteiger partial charge in [-0.3, -0.25) is 4.79 Å². The van der Waals surface area contributed by atoms with Gasteiger partial charge in [-0.25, -0.2) is 0 Å². The lowest BCUT2D eigenvalue weighted by Crippen LogP contribution is -2.29. The Balaban J connectivity index is 1.89. The second-order valence-corrected chi connectivity index (χ2v) is 5.22. The van der Waals surface area contributed by atoms with Crippen molar-refractivity contribution in [2.24, 2.45) is 5.16 Å². The highest BCUT2D eigenvalue weighted by Gasteiger charge is 2.10. The zero-order valence-electron chi connectivity index (χ0n) is 11.9. The van der Waals surface area contributed by atoms with Gasteiger partial charge >= 0.3 is 0 Å². The lowest BCUT2D eigenvalue weighted by Gasteiger charge is -2.16. The van der Waals surface area contributed by atoms with Gasteiger partial charge in [0.25, 0.3) is 5.91 Å². The molecule has 1 amide bonds. The van der Waals surface area contributed by atoms with Crippen molar-refractivity contribution in [3.05, 3.63) is 64.1 Å². The third-order valence-corrected chi connectivity index (χ3v) is 3.79. The third-order valence-electron chi connectivity index (χ3n) is 2.95. The van der Waals surface area contributed by atoms with Crippen LogP contribution in [0.25, 0.3) is 0 Å². The van der Waals surface area contributed by atoms with Crippen molar-refractivity contribution >= 4 is 41.0 Å². The first-order valence-corrected chi connectivity index (χ1v) is 7.26. The van der Waals surface area contributed by atoms with Gasteiger partial charge in [-0.15, -0.1) is 0 Å². The number of amides is 1. The van der Waals surface area contributed by atoms with Crippen LogP contribution in [0.4, 0.5) is 5.69 Å². The number of nitrogens with zero attached hydrogens (tertiary/aromatic N) is 2. The first-order chi connectivity index (χ1) is 10.6. The molecule has 0 aromatic heterocycles. The molecule has 2 rings (SSSR count). The highest BCUT2D eigenvalue weighted by molar-refractivity contribution is 6.43. The molecular weight excluding hydrogens is 323 g/mol. The summed E-state index contributed by atoms with van der Waals surface area (Å²) in [6.07, 6.45) is 1.42. The number of carbonyl (C=O) groups excluding carboxylic acids is 1. The normalized spacial score (nSPS) is 10.7. The molecule has 0 aliphatic carbocycles. The molecule has 0 fully saturated rings. The number of rotatable bonds is 5. The largest absolute Gasteiger partial charge is 0.386 e. The van der Waals surface area contributed by atoms with Crippen molar-refractivity contribution in [3.63, 3.8) is 0 Å². The molecule has 0 unspecified atom stereocenters. The molecular formula is C16H14Cl2N2O2. The Bertz CT molecular complexity index is 675. The van der Waals surface area contributed by atoms with Gasteiger partial charge in [0, 0.05) is 18.3 Å². The number of likely N-dealkylation sites (N-methyl/N-ethyl adjacent to an activating group) is 1. The molecule has 0 N–H and O–H groups in total. The van der Waals surface area contributed by atoms with Gasteiger partial charge in [0.05, 0.1) is 16.3 Å². The van der Waals surface area contributed by atoms with Crippen molar-refractivity contribution in [2.75, 3.05) is 18.6 Å². The molecule has 4 nitrogen and oxygen atoms in total. The molecule has 0 heterocycles. The van der Waals surface area contributed by atoms with Crippen LogP contribution in [0.3, 0.4) is 0 Å². The number of carbonyl (C=O) groups is 1. The lowest BCUT2D eigenvalue weighted by molar-refractivity contribution is -0.122. The van der Waals surface area contributed by atoms with Crippen LogP contribution in [0.15, 0.2) is 53.7 Å². The predicted octanol–water partition coefficient (Wildman–Crippen LogP) is 4.01. The van der Waals surface area contributed by atoms with Crippen LogP contribution in [-0.4, -0.2) is 25.8 Å². The van der Waals surface area contributed by atoms with Crippen molar-refractivity contribution < 1.29 is 9.63 Å². The summed E-state index contributed by atoms with van der Waals surface area (Å²) in [6.45, 7) is -0.167. The molecule has 0 saturated heterocycles. The Hall–Kier alpha value is -2.04. The summed E-state index contributed by atoms with van der Waals surface area (Å²) in [6, 6.07) is 14.5. The molecule has 0 saturated carbocycles. The fourth-order valence-corrected chi connectivity index (χ4v) is 2.06. The minimum atomic E-state index is -0.208. The summed E-state index contributed by atoms with van der Waals surface area (Å²) >= 11 is 11.9. The van der Waals surface area contributed by atoms with E-state index < -0.39 is 0 Å². The zero-order valence-corrected chi connectivity index (χ0v) is 13.4. The number of halogens is 2. The quantitative estimate of drug-likeness (QED) is 0.611. The molecule has 0 radical (unpaired) electrons. The van der Waals surface area contributed by atoms with E-state index >= 15 is 0 Å². The SMILES string of the molecule is CN(C(=O)CO/N=C\c1cccc(Cl)c1Cl)c1ccccc1. The molecule has 22 heavy (non-hydrogen) atoms. The third kappa shape index (κ3) is 4.23. The second kappa shape index (κ2) is 7.82. The van der Waals surface area contributed by atoms with E-state index in [4.69, 9.17) is 28.0 Å². The predicted molar refractivity (Wildman–Crippen MR) is 89.9 cm³/mol. The summed E-state index contributed by atoms with van der Waals surface area (Å²) in [5.74, 6) is -0.208. The van der Waals surface area contributed by atoms with E-state index in [0.717, 1.165) is 5.69 Å². The average Bonchev–Trinajstić information content (AvgIpc) is 2.55. The van der Waals surface area contributed by atoms with E-state index in [1.807, 2.05) is 30.3 Å². The molecule has 114 valence electrons. The maximum absolute atomic E-state index is 12.0. The summed E-state index contributed by atoms with van der Waals surface area (Å²) < 4.78 is 0. The van der Waals surface area contributed by atoms with E-state index in [1.165, 1.54) is 11.1 Å². The van der Waals surface area contributed by atoms with Crippen molar-refractivity contribution in [1.29, 1.82) is 0 Å². The topological polar surface area (TPSA) is 41.9 Å². The lowest BCUT2D eigenvalue weighted by atomic mass is 10.2. The van der Waals surface area contributed by atoms with E-state index in [9.17, 15) is 4.79 Å². The van der Waals surface area contributed by atoms with Gasteiger partial charge in [-0.05, 0) is 18.2 Å². The smallest absolute Gasteiger partial charge is 0.267 e.